The van der Waals surface area contributed by atoms with Crippen molar-refractivity contribution in [2.24, 2.45) is 5.92 Å². The first-order valence-corrected chi connectivity index (χ1v) is 7.04. The SMILES string of the molecule is CNC(COCC(C)C)c1ccc(OC(C)C)cc1. The predicted octanol–water partition coefficient (Wildman–Crippen LogP) is 3.41. The minimum atomic E-state index is 0.209. The monoisotopic (exact) mass is 265 g/mol. The van der Waals surface area contributed by atoms with Gasteiger partial charge < -0.3 is 14.8 Å². The van der Waals surface area contributed by atoms with Gasteiger partial charge in [-0.05, 0) is 44.5 Å². The molecule has 0 heterocycles. The number of likely N-dealkylation sites (N-methyl/N-ethyl adjacent to an activating group) is 1. The zero-order chi connectivity index (χ0) is 14.3. The normalized spacial score (nSPS) is 13.0. The van der Waals surface area contributed by atoms with Crippen molar-refractivity contribution in [3.63, 3.8) is 0 Å². The van der Waals surface area contributed by atoms with E-state index in [0.29, 0.717) is 12.5 Å². The molecular weight excluding hydrogens is 238 g/mol. The summed E-state index contributed by atoms with van der Waals surface area (Å²) < 4.78 is 11.3. The molecule has 0 spiro atoms. The van der Waals surface area contributed by atoms with E-state index in [9.17, 15) is 0 Å². The molecule has 1 N–H and O–H groups in total. The van der Waals surface area contributed by atoms with Crippen LogP contribution in [-0.4, -0.2) is 26.4 Å². The summed E-state index contributed by atoms with van der Waals surface area (Å²) in [5, 5.41) is 3.29. The lowest BCUT2D eigenvalue weighted by Crippen LogP contribution is -2.22. The lowest BCUT2D eigenvalue weighted by molar-refractivity contribution is 0.0919. The Balaban J connectivity index is 2.55. The largest absolute Gasteiger partial charge is 0.491 e. The van der Waals surface area contributed by atoms with E-state index in [1.807, 2.05) is 33.0 Å². The van der Waals surface area contributed by atoms with Crippen molar-refractivity contribution in [3.05, 3.63) is 29.8 Å². The molecule has 1 unspecified atom stereocenters. The van der Waals surface area contributed by atoms with Crippen LogP contribution in [0.15, 0.2) is 24.3 Å². The van der Waals surface area contributed by atoms with Crippen LogP contribution in [-0.2, 0) is 4.74 Å². The van der Waals surface area contributed by atoms with Crippen LogP contribution in [0.25, 0.3) is 0 Å². The van der Waals surface area contributed by atoms with E-state index in [0.717, 1.165) is 12.4 Å². The van der Waals surface area contributed by atoms with Crippen LogP contribution in [0, 0.1) is 5.92 Å². The van der Waals surface area contributed by atoms with E-state index in [2.05, 4.69) is 31.3 Å². The minimum absolute atomic E-state index is 0.209. The second kappa shape index (κ2) is 8.18. The van der Waals surface area contributed by atoms with Crippen LogP contribution in [0.3, 0.4) is 0 Å². The zero-order valence-electron chi connectivity index (χ0n) is 12.8. The molecule has 0 saturated heterocycles. The van der Waals surface area contributed by atoms with Gasteiger partial charge in [0.15, 0.2) is 0 Å². The molecule has 0 radical (unpaired) electrons. The quantitative estimate of drug-likeness (QED) is 0.781. The van der Waals surface area contributed by atoms with E-state index in [1.165, 1.54) is 5.56 Å². The number of rotatable bonds is 8. The average Bonchev–Trinajstić information content (AvgIpc) is 2.35. The Morgan fingerprint density at radius 1 is 1.00 bits per heavy atom. The molecule has 1 aromatic rings. The lowest BCUT2D eigenvalue weighted by atomic mass is 10.1. The molecule has 3 nitrogen and oxygen atoms in total. The second-order valence-corrected chi connectivity index (χ2v) is 5.51. The summed E-state index contributed by atoms with van der Waals surface area (Å²) in [6, 6.07) is 8.45. The standard InChI is InChI=1S/C16H27NO2/c1-12(2)10-18-11-16(17-5)14-6-8-15(9-7-14)19-13(3)4/h6-9,12-13,16-17H,10-11H2,1-5H3. The first kappa shape index (κ1) is 16.0. The van der Waals surface area contributed by atoms with Crippen LogP contribution in [0.1, 0.15) is 39.3 Å². The highest BCUT2D eigenvalue weighted by Crippen LogP contribution is 2.19. The topological polar surface area (TPSA) is 30.5 Å². The fourth-order valence-corrected chi connectivity index (χ4v) is 1.82. The van der Waals surface area contributed by atoms with Crippen molar-refractivity contribution in [1.82, 2.24) is 5.32 Å². The first-order valence-electron chi connectivity index (χ1n) is 7.04. The molecule has 1 atom stereocenters. The highest BCUT2D eigenvalue weighted by atomic mass is 16.5. The van der Waals surface area contributed by atoms with Gasteiger partial charge in [0.25, 0.3) is 0 Å². The Morgan fingerprint density at radius 3 is 2.11 bits per heavy atom. The van der Waals surface area contributed by atoms with E-state index in [1.54, 1.807) is 0 Å². The lowest BCUT2D eigenvalue weighted by Gasteiger charge is -2.18. The molecule has 0 amide bonds. The summed E-state index contributed by atoms with van der Waals surface area (Å²) in [5.74, 6) is 1.48. The molecule has 0 saturated carbocycles. The summed E-state index contributed by atoms with van der Waals surface area (Å²) in [6.45, 7) is 9.87. The number of benzene rings is 1. The van der Waals surface area contributed by atoms with Crippen molar-refractivity contribution in [1.29, 1.82) is 0 Å². The van der Waals surface area contributed by atoms with Gasteiger partial charge in [-0.1, -0.05) is 26.0 Å². The Bertz CT molecular complexity index is 346. The summed E-state index contributed by atoms with van der Waals surface area (Å²) in [5.41, 5.74) is 1.22. The van der Waals surface area contributed by atoms with Crippen LogP contribution in [0.4, 0.5) is 0 Å². The van der Waals surface area contributed by atoms with Crippen LogP contribution < -0.4 is 10.1 Å². The van der Waals surface area contributed by atoms with Crippen molar-refractivity contribution in [2.75, 3.05) is 20.3 Å². The molecule has 0 aromatic heterocycles. The Morgan fingerprint density at radius 2 is 1.63 bits per heavy atom. The second-order valence-electron chi connectivity index (χ2n) is 5.51. The molecule has 0 aliphatic rings. The van der Waals surface area contributed by atoms with E-state index in [-0.39, 0.29) is 12.1 Å². The fourth-order valence-electron chi connectivity index (χ4n) is 1.82. The molecular formula is C16H27NO2. The van der Waals surface area contributed by atoms with Crippen LogP contribution in [0.2, 0.25) is 0 Å². The number of hydrogen-bond donors (Lipinski definition) is 1. The maximum Gasteiger partial charge on any atom is 0.119 e. The Labute approximate surface area is 117 Å². The Hall–Kier alpha value is -1.06. The predicted molar refractivity (Wildman–Crippen MR) is 79.7 cm³/mol. The van der Waals surface area contributed by atoms with Crippen LogP contribution >= 0.6 is 0 Å². The van der Waals surface area contributed by atoms with Crippen LogP contribution in [0.5, 0.6) is 5.75 Å². The summed E-state index contributed by atoms with van der Waals surface area (Å²) in [7, 11) is 1.96. The van der Waals surface area contributed by atoms with Gasteiger partial charge in [0.05, 0.1) is 18.8 Å². The third kappa shape index (κ3) is 6.08. The molecule has 3 heteroatoms. The maximum absolute atomic E-state index is 5.70. The zero-order valence-corrected chi connectivity index (χ0v) is 12.8. The van der Waals surface area contributed by atoms with Crippen molar-refractivity contribution in [2.45, 2.75) is 39.8 Å². The van der Waals surface area contributed by atoms with Gasteiger partial charge in [0, 0.05) is 6.61 Å². The minimum Gasteiger partial charge on any atom is -0.491 e. The van der Waals surface area contributed by atoms with E-state index >= 15 is 0 Å². The van der Waals surface area contributed by atoms with Gasteiger partial charge >= 0.3 is 0 Å². The van der Waals surface area contributed by atoms with Crippen molar-refractivity contribution >= 4 is 0 Å². The third-order valence-electron chi connectivity index (χ3n) is 2.74. The third-order valence-corrected chi connectivity index (χ3v) is 2.74. The maximum atomic E-state index is 5.70. The van der Waals surface area contributed by atoms with E-state index < -0.39 is 0 Å². The number of ether oxygens (including phenoxy) is 2. The van der Waals surface area contributed by atoms with Gasteiger partial charge in [-0.25, -0.2) is 0 Å². The smallest absolute Gasteiger partial charge is 0.119 e. The highest BCUT2D eigenvalue weighted by molar-refractivity contribution is 5.29. The fraction of sp³-hybridized carbons (Fsp3) is 0.625. The average molecular weight is 265 g/mol. The molecule has 1 aromatic carbocycles. The number of nitrogens with one attached hydrogen (secondary N) is 1. The van der Waals surface area contributed by atoms with Gasteiger partial charge in [-0.3, -0.25) is 0 Å². The van der Waals surface area contributed by atoms with Crippen molar-refractivity contribution < 1.29 is 9.47 Å². The molecule has 0 fully saturated rings. The van der Waals surface area contributed by atoms with Gasteiger partial charge in [-0.2, -0.15) is 0 Å². The van der Waals surface area contributed by atoms with Gasteiger partial charge in [0.2, 0.25) is 0 Å². The van der Waals surface area contributed by atoms with E-state index in [4.69, 9.17) is 9.47 Å². The highest BCUT2D eigenvalue weighted by Gasteiger charge is 2.10. The molecule has 0 aliphatic heterocycles. The molecule has 108 valence electrons. The Kier molecular flexibility index (Phi) is 6.89. The molecule has 0 aliphatic carbocycles. The van der Waals surface area contributed by atoms with Gasteiger partial charge in [0.1, 0.15) is 5.75 Å². The van der Waals surface area contributed by atoms with Crippen molar-refractivity contribution in [3.8, 4) is 5.75 Å². The number of hydrogen-bond acceptors (Lipinski definition) is 3. The summed E-state index contributed by atoms with van der Waals surface area (Å²) in [4.78, 5) is 0. The first-order chi connectivity index (χ1) is 9.02. The summed E-state index contributed by atoms with van der Waals surface area (Å²) >= 11 is 0. The van der Waals surface area contributed by atoms with Gasteiger partial charge in [-0.15, -0.1) is 0 Å². The molecule has 19 heavy (non-hydrogen) atoms. The molecule has 0 bridgehead atoms. The summed E-state index contributed by atoms with van der Waals surface area (Å²) in [6.07, 6.45) is 0.209. The molecule has 1 rings (SSSR count).